The molecule has 0 aliphatic rings. The normalized spacial score (nSPS) is 13.8. The fraction of sp³-hybridized carbons (Fsp3) is 0.769. The number of nitrogens with one attached hydrogen (secondary N) is 1. The fourth-order valence-corrected chi connectivity index (χ4v) is 7.28. The zero-order valence-corrected chi connectivity index (χ0v) is 38.2. The van der Waals surface area contributed by atoms with Crippen molar-refractivity contribution >= 4 is 11.9 Å². The molecule has 0 spiro atoms. The van der Waals surface area contributed by atoms with Gasteiger partial charge in [0, 0.05) is 6.42 Å². The molecule has 0 aromatic heterocycles. The summed E-state index contributed by atoms with van der Waals surface area (Å²) >= 11 is 0. The zero-order chi connectivity index (χ0) is 42.4. The van der Waals surface area contributed by atoms with Gasteiger partial charge in [-0.25, -0.2) is 0 Å². The number of amides is 1. The van der Waals surface area contributed by atoms with Crippen LogP contribution >= 0.6 is 0 Å². The highest BCUT2D eigenvalue weighted by Crippen LogP contribution is 2.17. The maximum Gasteiger partial charge on any atom is 0.306 e. The molecule has 0 saturated heterocycles. The summed E-state index contributed by atoms with van der Waals surface area (Å²) in [5.74, 6) is -0.546. The Balaban J connectivity index is 4.61. The standard InChI is InChI=1S/C52H93NO5/c1-4-7-10-13-16-19-22-24-25-26-28-30-32-35-38-41-44-50(55)49(47-54)53-51(56)46-48(43-40-37-34-31-29-27-23-20-17-14-11-8-5-2)58-52(57)45-42-39-36-33-21-18-15-12-9-6-3/h8,11,14,17,20,23,27,29,31,34,48-50,54-55H,4-7,9-10,12-13,15-16,18-19,21-22,24-26,28,30,32-33,35-47H2,1-3H3,(H,53,56)/b11-8+,17-14+,23-20-,29-27-,34-31+. The van der Waals surface area contributed by atoms with Crippen LogP contribution in [0.4, 0.5) is 0 Å². The molecule has 336 valence electrons. The van der Waals surface area contributed by atoms with Gasteiger partial charge < -0.3 is 20.3 Å². The Labute approximate surface area is 358 Å². The van der Waals surface area contributed by atoms with E-state index in [1.165, 1.54) is 128 Å². The van der Waals surface area contributed by atoms with Crippen LogP contribution in [-0.4, -0.2) is 46.9 Å². The van der Waals surface area contributed by atoms with E-state index in [1.807, 2.05) is 48.6 Å². The van der Waals surface area contributed by atoms with Gasteiger partial charge in [0.05, 0.1) is 25.2 Å². The Morgan fingerprint density at radius 3 is 1.38 bits per heavy atom. The van der Waals surface area contributed by atoms with E-state index in [2.05, 4.69) is 38.2 Å². The van der Waals surface area contributed by atoms with Gasteiger partial charge in [-0.1, -0.05) is 242 Å². The van der Waals surface area contributed by atoms with Crippen molar-refractivity contribution in [2.45, 2.75) is 251 Å². The molecule has 0 saturated carbocycles. The second-order valence-electron chi connectivity index (χ2n) is 16.6. The Morgan fingerprint density at radius 1 is 0.517 bits per heavy atom. The number of hydrogen-bond acceptors (Lipinski definition) is 5. The molecule has 1 amide bonds. The van der Waals surface area contributed by atoms with Gasteiger partial charge in [-0.2, -0.15) is 0 Å². The first kappa shape index (κ1) is 55.6. The van der Waals surface area contributed by atoms with Crippen molar-refractivity contribution in [2.24, 2.45) is 0 Å². The molecule has 0 rings (SSSR count). The van der Waals surface area contributed by atoms with Crippen LogP contribution in [0.25, 0.3) is 0 Å². The topological polar surface area (TPSA) is 95.9 Å². The van der Waals surface area contributed by atoms with E-state index in [-0.39, 0.29) is 24.9 Å². The molecule has 58 heavy (non-hydrogen) atoms. The second kappa shape index (κ2) is 45.6. The molecule has 0 bridgehead atoms. The van der Waals surface area contributed by atoms with Crippen LogP contribution in [0.5, 0.6) is 0 Å². The number of aliphatic hydroxyl groups excluding tert-OH is 2. The lowest BCUT2D eigenvalue weighted by Crippen LogP contribution is -2.46. The molecule has 0 aromatic rings. The number of hydrogen-bond donors (Lipinski definition) is 3. The third-order valence-electron chi connectivity index (χ3n) is 11.0. The molecule has 3 atom stereocenters. The molecule has 3 N–H and O–H groups in total. The molecule has 0 aliphatic heterocycles. The Hall–Kier alpha value is -2.44. The number of rotatable bonds is 43. The average molecular weight is 812 g/mol. The highest BCUT2D eigenvalue weighted by molar-refractivity contribution is 5.77. The highest BCUT2D eigenvalue weighted by atomic mass is 16.5. The maximum atomic E-state index is 13.1. The lowest BCUT2D eigenvalue weighted by Gasteiger charge is -2.24. The predicted molar refractivity (Wildman–Crippen MR) is 250 cm³/mol. The van der Waals surface area contributed by atoms with E-state index in [9.17, 15) is 19.8 Å². The monoisotopic (exact) mass is 812 g/mol. The fourth-order valence-electron chi connectivity index (χ4n) is 7.28. The number of allylic oxidation sites excluding steroid dienone is 10. The van der Waals surface area contributed by atoms with E-state index < -0.39 is 18.2 Å². The third-order valence-corrected chi connectivity index (χ3v) is 11.0. The molecule has 0 aliphatic carbocycles. The van der Waals surface area contributed by atoms with Gasteiger partial charge in [-0.05, 0) is 38.5 Å². The number of aliphatic hydroxyl groups is 2. The van der Waals surface area contributed by atoms with Crippen LogP contribution in [0.3, 0.4) is 0 Å². The van der Waals surface area contributed by atoms with Crippen LogP contribution in [0.2, 0.25) is 0 Å². The van der Waals surface area contributed by atoms with Crippen LogP contribution in [0.15, 0.2) is 60.8 Å². The molecule has 0 fully saturated rings. The second-order valence-corrected chi connectivity index (χ2v) is 16.6. The molecule has 0 heterocycles. The Kier molecular flexibility index (Phi) is 43.7. The van der Waals surface area contributed by atoms with Crippen molar-refractivity contribution in [3.8, 4) is 0 Å². The van der Waals surface area contributed by atoms with E-state index in [0.717, 1.165) is 57.8 Å². The van der Waals surface area contributed by atoms with Crippen LogP contribution in [0.1, 0.15) is 233 Å². The number of carbonyl (C=O) groups excluding carboxylic acids is 2. The van der Waals surface area contributed by atoms with E-state index >= 15 is 0 Å². The first-order valence-corrected chi connectivity index (χ1v) is 24.6. The van der Waals surface area contributed by atoms with Crippen LogP contribution in [-0.2, 0) is 14.3 Å². The summed E-state index contributed by atoms with van der Waals surface area (Å²) in [5.41, 5.74) is 0. The molecular formula is C52H93NO5. The van der Waals surface area contributed by atoms with Crippen molar-refractivity contribution in [3.63, 3.8) is 0 Å². The van der Waals surface area contributed by atoms with Gasteiger partial charge in [0.25, 0.3) is 0 Å². The van der Waals surface area contributed by atoms with Crippen molar-refractivity contribution in [2.75, 3.05) is 6.61 Å². The molecule has 6 heteroatoms. The summed E-state index contributed by atoms with van der Waals surface area (Å²) in [6.45, 7) is 6.31. The first-order chi connectivity index (χ1) is 28.5. The highest BCUT2D eigenvalue weighted by Gasteiger charge is 2.24. The van der Waals surface area contributed by atoms with Crippen LogP contribution < -0.4 is 5.32 Å². The molecule has 3 unspecified atom stereocenters. The summed E-state index contributed by atoms with van der Waals surface area (Å²) in [4.78, 5) is 26.0. The van der Waals surface area contributed by atoms with Crippen molar-refractivity contribution in [3.05, 3.63) is 60.8 Å². The van der Waals surface area contributed by atoms with Gasteiger partial charge in [0.2, 0.25) is 5.91 Å². The first-order valence-electron chi connectivity index (χ1n) is 24.6. The van der Waals surface area contributed by atoms with Gasteiger partial charge in [0.1, 0.15) is 6.10 Å². The average Bonchev–Trinajstić information content (AvgIpc) is 3.22. The molecule has 0 radical (unpaired) electrons. The number of esters is 1. The number of carbonyl (C=O) groups is 2. The summed E-state index contributed by atoms with van der Waals surface area (Å²) in [6, 6.07) is -0.723. The Morgan fingerprint density at radius 2 is 0.931 bits per heavy atom. The minimum Gasteiger partial charge on any atom is -0.462 e. The van der Waals surface area contributed by atoms with Gasteiger partial charge in [-0.3, -0.25) is 9.59 Å². The van der Waals surface area contributed by atoms with Crippen molar-refractivity contribution in [1.29, 1.82) is 0 Å². The van der Waals surface area contributed by atoms with Crippen molar-refractivity contribution < 1.29 is 24.5 Å². The minimum absolute atomic E-state index is 0.0292. The van der Waals surface area contributed by atoms with E-state index in [1.54, 1.807) is 0 Å². The lowest BCUT2D eigenvalue weighted by molar-refractivity contribution is -0.151. The summed E-state index contributed by atoms with van der Waals surface area (Å²) in [6.07, 6.45) is 55.7. The van der Waals surface area contributed by atoms with Crippen molar-refractivity contribution in [1.82, 2.24) is 5.32 Å². The van der Waals surface area contributed by atoms with E-state index in [0.29, 0.717) is 19.3 Å². The van der Waals surface area contributed by atoms with Crippen LogP contribution in [0, 0.1) is 0 Å². The van der Waals surface area contributed by atoms with Gasteiger partial charge in [-0.15, -0.1) is 0 Å². The lowest BCUT2D eigenvalue weighted by atomic mass is 10.0. The molecule has 6 nitrogen and oxygen atoms in total. The predicted octanol–water partition coefficient (Wildman–Crippen LogP) is 14.5. The summed E-state index contributed by atoms with van der Waals surface area (Å²) in [7, 11) is 0. The summed E-state index contributed by atoms with van der Waals surface area (Å²) < 4.78 is 5.87. The number of unbranched alkanes of at least 4 members (excludes halogenated alkanes) is 25. The van der Waals surface area contributed by atoms with E-state index in [4.69, 9.17) is 4.74 Å². The van der Waals surface area contributed by atoms with Gasteiger partial charge in [0.15, 0.2) is 0 Å². The minimum atomic E-state index is -0.806. The SMILES string of the molecule is CC/C=C/C=C/C=C\C=C/C=C/CCCC(CC(=O)NC(CO)C(O)CCCCCCCCCCCCCCCCCC)OC(=O)CCCCCCCCCCCC. The molecular weight excluding hydrogens is 719 g/mol. The van der Waals surface area contributed by atoms with Gasteiger partial charge >= 0.3 is 5.97 Å². The molecule has 0 aromatic carbocycles. The maximum absolute atomic E-state index is 13.1. The number of ether oxygens (including phenoxy) is 1. The quantitative estimate of drug-likeness (QED) is 0.0324. The smallest absolute Gasteiger partial charge is 0.306 e. The zero-order valence-electron chi connectivity index (χ0n) is 38.2. The summed E-state index contributed by atoms with van der Waals surface area (Å²) in [5, 5.41) is 23.7. The Bertz CT molecular complexity index is 1050. The third kappa shape index (κ3) is 40.3. The largest absolute Gasteiger partial charge is 0.462 e.